The molecule has 2 nitrogen and oxygen atoms in total. The maximum atomic E-state index is 13.0. The molecule has 5 heteroatoms. The molecule has 0 heterocycles. The fraction of sp³-hybridized carbons (Fsp3) is 0.400. The van der Waals surface area contributed by atoms with Gasteiger partial charge in [0.25, 0.3) is 5.92 Å². The van der Waals surface area contributed by atoms with Gasteiger partial charge in [0.1, 0.15) is 6.61 Å². The molecule has 86 valence electrons. The summed E-state index contributed by atoms with van der Waals surface area (Å²) in [5.41, 5.74) is 6.63. The van der Waals surface area contributed by atoms with Crippen LogP contribution in [0.3, 0.4) is 0 Å². The molecular weight excluding hydrogens is 224 g/mol. The lowest BCUT2D eigenvalue weighted by Gasteiger charge is -2.21. The highest BCUT2D eigenvalue weighted by Crippen LogP contribution is 2.28. The maximum Gasteiger partial charge on any atom is 0.289 e. The third-order valence-corrected chi connectivity index (χ3v) is 2.10. The van der Waals surface area contributed by atoms with Gasteiger partial charge in [-0.2, -0.15) is 0 Å². The number of hydrogen-bond acceptors (Lipinski definition) is 2. The lowest BCUT2D eigenvalue weighted by Crippen LogP contribution is -2.36. The van der Waals surface area contributed by atoms with Crippen molar-refractivity contribution in [2.45, 2.75) is 18.9 Å². The molecule has 0 aliphatic rings. The summed E-state index contributed by atoms with van der Waals surface area (Å²) in [5.74, 6) is -3.27. The Morgan fingerprint density at radius 2 is 1.80 bits per heavy atom. The maximum absolute atomic E-state index is 13.0. The topological polar surface area (TPSA) is 46.2 Å². The van der Waals surface area contributed by atoms with Gasteiger partial charge >= 0.3 is 0 Å². The molecule has 0 fully saturated rings. The highest BCUT2D eigenvalue weighted by molar-refractivity contribution is 5.85. The molecule has 1 aromatic rings. The van der Waals surface area contributed by atoms with Gasteiger partial charge in [-0.05, 0) is 12.5 Å². The van der Waals surface area contributed by atoms with E-state index in [1.54, 1.807) is 24.3 Å². The van der Waals surface area contributed by atoms with Crippen LogP contribution < -0.4 is 5.73 Å². The molecule has 0 aliphatic heterocycles. The van der Waals surface area contributed by atoms with Crippen molar-refractivity contribution in [3.05, 3.63) is 35.4 Å². The van der Waals surface area contributed by atoms with Crippen LogP contribution in [-0.4, -0.2) is 17.6 Å². The molecule has 0 spiro atoms. The molecule has 3 N–H and O–H groups in total. The van der Waals surface area contributed by atoms with Crippen LogP contribution >= 0.6 is 12.4 Å². The highest BCUT2D eigenvalue weighted by atomic mass is 35.5. The van der Waals surface area contributed by atoms with E-state index in [1.807, 2.05) is 6.92 Å². The van der Waals surface area contributed by atoms with E-state index in [2.05, 4.69) is 0 Å². The average molecular weight is 238 g/mol. The second-order valence-corrected chi connectivity index (χ2v) is 3.31. The number of benzene rings is 1. The first-order chi connectivity index (χ1) is 6.47. The number of nitrogens with two attached hydrogens (primary N) is 1. The van der Waals surface area contributed by atoms with E-state index >= 15 is 0 Å². The van der Waals surface area contributed by atoms with Crippen LogP contribution in [0, 0.1) is 6.92 Å². The summed E-state index contributed by atoms with van der Waals surface area (Å²) in [6.45, 7) is 0.627. The summed E-state index contributed by atoms with van der Waals surface area (Å²) in [6.07, 6.45) is 0. The molecule has 1 rings (SSSR count). The molecule has 0 bridgehead atoms. The summed E-state index contributed by atoms with van der Waals surface area (Å²) in [5, 5.41) is 8.45. The lowest BCUT2D eigenvalue weighted by atomic mass is 10.0. The number of rotatable bonds is 3. The largest absolute Gasteiger partial charge is 0.390 e. The Morgan fingerprint density at radius 1 is 1.33 bits per heavy atom. The lowest BCUT2D eigenvalue weighted by molar-refractivity contribution is -0.0711. The van der Waals surface area contributed by atoms with Gasteiger partial charge in [-0.15, -0.1) is 12.4 Å². The monoisotopic (exact) mass is 237 g/mol. The van der Waals surface area contributed by atoms with Crippen LogP contribution in [0.2, 0.25) is 0 Å². The molecule has 0 saturated heterocycles. The van der Waals surface area contributed by atoms with Crippen molar-refractivity contribution in [3.63, 3.8) is 0 Å². The molecule has 0 saturated carbocycles. The number of aliphatic hydroxyl groups excluding tert-OH is 1. The van der Waals surface area contributed by atoms with Crippen molar-refractivity contribution < 1.29 is 13.9 Å². The highest BCUT2D eigenvalue weighted by Gasteiger charge is 2.37. The summed E-state index contributed by atoms with van der Waals surface area (Å²) in [7, 11) is 0. The van der Waals surface area contributed by atoms with E-state index in [0.29, 0.717) is 5.56 Å². The second kappa shape index (κ2) is 5.39. The van der Waals surface area contributed by atoms with Gasteiger partial charge in [0.2, 0.25) is 0 Å². The summed E-state index contributed by atoms with van der Waals surface area (Å²) < 4.78 is 25.9. The third-order valence-electron chi connectivity index (χ3n) is 2.10. The van der Waals surface area contributed by atoms with Crippen LogP contribution in [0.4, 0.5) is 8.78 Å². The zero-order valence-electron chi connectivity index (χ0n) is 8.28. The van der Waals surface area contributed by atoms with E-state index < -0.39 is 18.6 Å². The number of alkyl halides is 2. The minimum Gasteiger partial charge on any atom is -0.390 e. The molecule has 0 aliphatic carbocycles. The van der Waals surface area contributed by atoms with Crippen LogP contribution in [0.15, 0.2) is 24.3 Å². The van der Waals surface area contributed by atoms with Crippen LogP contribution in [-0.2, 0) is 0 Å². The van der Waals surface area contributed by atoms with Crippen molar-refractivity contribution in [2.24, 2.45) is 5.73 Å². The summed E-state index contributed by atoms with van der Waals surface area (Å²) in [6, 6.07) is 5.06. The molecule has 0 unspecified atom stereocenters. The SMILES string of the molecule is Cc1ccc([C@@H](N)C(F)(F)CO)cc1.Cl. The Bertz CT molecular complexity index is 303. The smallest absolute Gasteiger partial charge is 0.289 e. The number of halogens is 3. The van der Waals surface area contributed by atoms with Crippen molar-refractivity contribution in [1.82, 2.24) is 0 Å². The van der Waals surface area contributed by atoms with Gasteiger partial charge in [0.15, 0.2) is 0 Å². The Labute approximate surface area is 93.5 Å². The fourth-order valence-corrected chi connectivity index (χ4v) is 1.12. The Kier molecular flexibility index (Phi) is 5.14. The quantitative estimate of drug-likeness (QED) is 0.845. The molecule has 1 aromatic carbocycles. The number of aryl methyl sites for hydroxylation is 1. The van der Waals surface area contributed by atoms with Gasteiger partial charge in [0.05, 0.1) is 6.04 Å². The van der Waals surface area contributed by atoms with Crippen LogP contribution in [0.5, 0.6) is 0 Å². The van der Waals surface area contributed by atoms with Gasteiger partial charge in [-0.3, -0.25) is 0 Å². The first-order valence-electron chi connectivity index (χ1n) is 4.28. The molecule has 0 aromatic heterocycles. The zero-order valence-corrected chi connectivity index (χ0v) is 9.10. The van der Waals surface area contributed by atoms with E-state index in [1.165, 1.54) is 0 Å². The van der Waals surface area contributed by atoms with Gasteiger partial charge in [0, 0.05) is 0 Å². The minimum atomic E-state index is -3.27. The van der Waals surface area contributed by atoms with Crippen molar-refractivity contribution in [1.29, 1.82) is 0 Å². The molecular formula is C10H14ClF2NO. The standard InChI is InChI=1S/C10H13F2NO.ClH/c1-7-2-4-8(5-3-7)9(13)10(11,12)6-14;/h2-5,9,14H,6,13H2,1H3;1H/t9-;/m1./s1. The number of aliphatic hydroxyl groups is 1. The molecule has 1 atom stereocenters. The van der Waals surface area contributed by atoms with Gasteiger partial charge in [-0.25, -0.2) is 8.78 Å². The van der Waals surface area contributed by atoms with Crippen molar-refractivity contribution in [2.75, 3.05) is 6.61 Å². The molecule has 15 heavy (non-hydrogen) atoms. The van der Waals surface area contributed by atoms with E-state index in [0.717, 1.165) is 5.56 Å². The predicted molar refractivity (Wildman–Crippen MR) is 57.4 cm³/mol. The second-order valence-electron chi connectivity index (χ2n) is 3.31. The summed E-state index contributed by atoms with van der Waals surface area (Å²) >= 11 is 0. The van der Waals surface area contributed by atoms with E-state index in [-0.39, 0.29) is 12.4 Å². The molecule has 0 radical (unpaired) electrons. The van der Waals surface area contributed by atoms with Gasteiger partial charge in [-0.1, -0.05) is 29.8 Å². The van der Waals surface area contributed by atoms with E-state index in [4.69, 9.17) is 10.8 Å². The Balaban J connectivity index is 0.00000196. The zero-order chi connectivity index (χ0) is 10.8. The average Bonchev–Trinajstić information content (AvgIpc) is 2.18. The van der Waals surface area contributed by atoms with Crippen molar-refractivity contribution in [3.8, 4) is 0 Å². The Hall–Kier alpha value is -0.710. The minimum absolute atomic E-state index is 0. The van der Waals surface area contributed by atoms with Gasteiger partial charge < -0.3 is 10.8 Å². The van der Waals surface area contributed by atoms with Crippen LogP contribution in [0.25, 0.3) is 0 Å². The van der Waals surface area contributed by atoms with E-state index in [9.17, 15) is 8.78 Å². The van der Waals surface area contributed by atoms with Crippen molar-refractivity contribution >= 4 is 12.4 Å². The summed E-state index contributed by atoms with van der Waals surface area (Å²) in [4.78, 5) is 0. The molecule has 0 amide bonds. The first kappa shape index (κ1) is 14.3. The first-order valence-corrected chi connectivity index (χ1v) is 4.28. The fourth-order valence-electron chi connectivity index (χ4n) is 1.12. The van der Waals surface area contributed by atoms with Crippen LogP contribution in [0.1, 0.15) is 17.2 Å². The number of hydrogen-bond donors (Lipinski definition) is 2. The Morgan fingerprint density at radius 3 is 2.20 bits per heavy atom. The third kappa shape index (κ3) is 3.41. The predicted octanol–water partition coefficient (Wildman–Crippen LogP) is 2.04. The normalized spacial score (nSPS) is 13.1.